The third kappa shape index (κ3) is 7.88. The van der Waals surface area contributed by atoms with Crippen LogP contribution >= 0.6 is 0 Å². The van der Waals surface area contributed by atoms with Gasteiger partial charge in [-0.3, -0.25) is 4.39 Å². The van der Waals surface area contributed by atoms with Crippen molar-refractivity contribution in [3.63, 3.8) is 0 Å². The van der Waals surface area contributed by atoms with Crippen molar-refractivity contribution >= 4 is 13.3 Å². The summed E-state index contributed by atoms with van der Waals surface area (Å²) >= 11 is 0. The summed E-state index contributed by atoms with van der Waals surface area (Å²) in [6.07, 6.45) is 1.89. The van der Waals surface area contributed by atoms with Gasteiger partial charge in [-0.15, -0.1) is 29.8 Å². The number of halogens is 1. The van der Waals surface area contributed by atoms with Gasteiger partial charge in [-0.2, -0.15) is 0 Å². The predicted molar refractivity (Wildman–Crippen MR) is 102 cm³/mol. The molecule has 0 aliphatic rings. The van der Waals surface area contributed by atoms with E-state index in [0.717, 1.165) is 31.0 Å². The smallest absolute Gasteiger partial charge is 0.0799 e. The number of rotatable bonds is 3. The molecule has 2 rings (SSSR count). The fourth-order valence-corrected chi connectivity index (χ4v) is 3.76. The van der Waals surface area contributed by atoms with Crippen molar-refractivity contribution < 1.29 is 36.1 Å². The van der Waals surface area contributed by atoms with Crippen molar-refractivity contribution in [1.82, 2.24) is 4.98 Å². The van der Waals surface area contributed by atoms with E-state index in [0.29, 0.717) is 0 Å². The van der Waals surface area contributed by atoms with Crippen LogP contribution in [-0.2, 0) is 20.1 Å². The average Bonchev–Trinajstić information content (AvgIpc) is 2.57. The molecule has 1 radical (unpaired) electrons. The summed E-state index contributed by atoms with van der Waals surface area (Å²) in [6, 6.07) is 9.26. The number of aliphatic hydroxyl groups is 2. The summed E-state index contributed by atoms with van der Waals surface area (Å²) in [6.45, 7) is 10.5. The maximum absolute atomic E-state index is 13.0. The van der Waals surface area contributed by atoms with Gasteiger partial charge in [-0.1, -0.05) is 45.1 Å². The van der Waals surface area contributed by atoms with Crippen molar-refractivity contribution in [2.24, 2.45) is 0 Å². The molecular weight excluding hydrogens is 514 g/mol. The standard InChI is InChI=1S/C17H21FNSi.2CH4O.Ir/c1-12(2)15-10-16(13-6-8-14(18)9-7-13)19-11-17(15)20(3,4)5;2*1-2;/h6,8-12H,1-5H3;2*2H,1H3;/q-1;;;/i12D;;;. The minimum Gasteiger partial charge on any atom is -0.400 e. The molecule has 0 saturated heterocycles. The Bertz CT molecular complexity index is 656. The topological polar surface area (TPSA) is 53.4 Å². The molecule has 2 aromatic rings. The summed E-state index contributed by atoms with van der Waals surface area (Å²) in [5.41, 5.74) is 2.50. The first-order valence-corrected chi connectivity index (χ1v) is 11.2. The van der Waals surface area contributed by atoms with Gasteiger partial charge in [-0.05, 0) is 16.8 Å². The van der Waals surface area contributed by atoms with Crippen LogP contribution in [0.25, 0.3) is 11.3 Å². The monoisotopic (exact) mass is 544 g/mol. The Morgan fingerprint density at radius 2 is 1.72 bits per heavy atom. The van der Waals surface area contributed by atoms with E-state index in [9.17, 15) is 4.39 Å². The van der Waals surface area contributed by atoms with Crippen LogP contribution in [0.3, 0.4) is 0 Å². The van der Waals surface area contributed by atoms with Gasteiger partial charge in [-0.25, -0.2) is 0 Å². The Hall–Kier alpha value is -0.914. The molecule has 0 aliphatic heterocycles. The van der Waals surface area contributed by atoms with Gasteiger partial charge in [0.15, 0.2) is 0 Å². The Morgan fingerprint density at radius 1 is 1.16 bits per heavy atom. The number of aliphatic hydroxyl groups excluding tert-OH is 2. The first-order chi connectivity index (χ1) is 11.6. The van der Waals surface area contributed by atoms with E-state index in [1.807, 2.05) is 26.1 Å². The Balaban J connectivity index is 0. The first-order valence-electron chi connectivity index (χ1n) is 8.17. The number of aromatic nitrogens is 1. The number of nitrogens with zero attached hydrogens (tertiary/aromatic N) is 1. The molecule has 0 bridgehead atoms. The number of benzene rings is 1. The molecule has 0 unspecified atom stereocenters. The Kier molecular flexibility index (Phi) is 12.0. The molecule has 0 spiro atoms. The van der Waals surface area contributed by atoms with E-state index < -0.39 is 14.0 Å². The molecule has 1 aromatic carbocycles. The molecular formula is C19H29FIrNO2Si-. The van der Waals surface area contributed by atoms with Crippen LogP contribution in [0.5, 0.6) is 0 Å². The van der Waals surface area contributed by atoms with Crippen LogP contribution in [0.1, 0.15) is 26.7 Å². The minimum absolute atomic E-state index is 0. The summed E-state index contributed by atoms with van der Waals surface area (Å²) < 4.78 is 21.4. The molecule has 1 heterocycles. The quantitative estimate of drug-likeness (QED) is 0.460. The number of hydrogen-bond donors (Lipinski definition) is 2. The molecule has 0 amide bonds. The first kappa shape index (κ1) is 24.1. The molecule has 0 fully saturated rings. The van der Waals surface area contributed by atoms with Crippen molar-refractivity contribution in [3.8, 4) is 11.3 Å². The van der Waals surface area contributed by atoms with Gasteiger partial charge in [0, 0.05) is 47.7 Å². The van der Waals surface area contributed by atoms with Crippen LogP contribution in [0.4, 0.5) is 4.39 Å². The van der Waals surface area contributed by atoms with E-state index in [2.05, 4.69) is 30.7 Å². The fraction of sp³-hybridized carbons (Fsp3) is 0.421. The molecule has 6 heteroatoms. The van der Waals surface area contributed by atoms with E-state index in [1.54, 1.807) is 6.07 Å². The van der Waals surface area contributed by atoms with E-state index in [4.69, 9.17) is 11.6 Å². The van der Waals surface area contributed by atoms with Gasteiger partial charge >= 0.3 is 0 Å². The van der Waals surface area contributed by atoms with Crippen LogP contribution in [-0.4, -0.2) is 37.5 Å². The molecule has 2 N–H and O–H groups in total. The molecule has 0 aliphatic carbocycles. The number of pyridine rings is 1. The Labute approximate surface area is 167 Å². The predicted octanol–water partition coefficient (Wildman–Crippen LogP) is 3.57. The largest absolute Gasteiger partial charge is 0.400 e. The second-order valence-electron chi connectivity index (χ2n) is 6.29. The van der Waals surface area contributed by atoms with Gasteiger partial charge in [0.1, 0.15) is 0 Å². The van der Waals surface area contributed by atoms with Gasteiger partial charge < -0.3 is 15.2 Å². The summed E-state index contributed by atoms with van der Waals surface area (Å²) in [4.78, 5) is 4.52. The Morgan fingerprint density at radius 3 is 2.12 bits per heavy atom. The van der Waals surface area contributed by atoms with Gasteiger partial charge in [0.2, 0.25) is 0 Å². The van der Waals surface area contributed by atoms with Gasteiger partial charge in [0.25, 0.3) is 0 Å². The fourth-order valence-electron chi connectivity index (χ4n) is 2.18. The summed E-state index contributed by atoms with van der Waals surface area (Å²) in [5, 5.41) is 15.2. The van der Waals surface area contributed by atoms with Crippen LogP contribution in [0.2, 0.25) is 19.6 Å². The zero-order valence-electron chi connectivity index (χ0n) is 16.9. The van der Waals surface area contributed by atoms with E-state index in [1.165, 1.54) is 17.3 Å². The third-order valence-electron chi connectivity index (χ3n) is 3.30. The van der Waals surface area contributed by atoms with Crippen LogP contribution in [0.15, 0.2) is 30.5 Å². The average molecular weight is 544 g/mol. The SMILES string of the molecule is CO.CO.[2H]C(C)(C)c1cc(-c2[c-]cc(F)cc2)ncc1[Si](C)(C)C.[Ir]. The summed E-state index contributed by atoms with van der Waals surface area (Å²) in [5.74, 6) is -0.994. The van der Waals surface area contributed by atoms with Crippen LogP contribution < -0.4 is 5.19 Å². The van der Waals surface area contributed by atoms with Crippen LogP contribution in [0, 0.1) is 11.9 Å². The zero-order valence-corrected chi connectivity index (χ0v) is 19.3. The maximum Gasteiger partial charge on any atom is 0.0799 e. The second kappa shape index (κ2) is 12.4. The van der Waals surface area contributed by atoms with Crippen molar-refractivity contribution in [3.05, 3.63) is 47.9 Å². The molecule has 1 aromatic heterocycles. The van der Waals surface area contributed by atoms with E-state index >= 15 is 0 Å². The molecule has 143 valence electrons. The molecule has 3 nitrogen and oxygen atoms in total. The second-order valence-corrected chi connectivity index (χ2v) is 11.3. The number of hydrogen-bond acceptors (Lipinski definition) is 3. The van der Waals surface area contributed by atoms with Crippen molar-refractivity contribution in [2.75, 3.05) is 14.2 Å². The minimum atomic E-state index is -1.57. The third-order valence-corrected chi connectivity index (χ3v) is 5.32. The van der Waals surface area contributed by atoms with Gasteiger partial charge in [0.05, 0.1) is 8.07 Å². The normalized spacial score (nSPS) is 11.0. The molecule has 0 saturated carbocycles. The van der Waals surface area contributed by atoms with Crippen molar-refractivity contribution in [1.29, 1.82) is 0 Å². The maximum atomic E-state index is 13.0. The van der Waals surface area contributed by atoms with E-state index in [-0.39, 0.29) is 25.9 Å². The molecule has 25 heavy (non-hydrogen) atoms. The summed E-state index contributed by atoms with van der Waals surface area (Å²) in [7, 11) is 0.427. The zero-order chi connectivity index (χ0) is 19.8. The van der Waals surface area contributed by atoms with Crippen molar-refractivity contribution in [2.45, 2.75) is 39.4 Å². The molecule has 0 atom stereocenters.